The summed E-state index contributed by atoms with van der Waals surface area (Å²) < 4.78 is 0. The summed E-state index contributed by atoms with van der Waals surface area (Å²) in [4.78, 5) is 9.08. The van der Waals surface area contributed by atoms with Crippen LogP contribution in [0, 0.1) is 6.92 Å². The first-order chi connectivity index (χ1) is 10.7. The standard InChI is InChI=1S/C18H23N3O/c1-15-6-5-9-18(19-15)21-11-10-20(13-17(22)14-21)12-16-7-3-2-4-8-16/h2-9,17,22H,10-14H2,1H3. The fourth-order valence-electron chi connectivity index (χ4n) is 2.95. The van der Waals surface area contributed by atoms with Crippen LogP contribution in [0.4, 0.5) is 5.82 Å². The largest absolute Gasteiger partial charge is 0.390 e. The maximum Gasteiger partial charge on any atom is 0.128 e. The third-order valence-corrected chi connectivity index (χ3v) is 4.03. The van der Waals surface area contributed by atoms with Crippen LogP contribution in [0.25, 0.3) is 0 Å². The average molecular weight is 297 g/mol. The smallest absolute Gasteiger partial charge is 0.128 e. The third kappa shape index (κ3) is 3.84. The van der Waals surface area contributed by atoms with Gasteiger partial charge in [0.2, 0.25) is 0 Å². The molecule has 3 rings (SSSR count). The summed E-state index contributed by atoms with van der Waals surface area (Å²) >= 11 is 0. The Morgan fingerprint density at radius 2 is 1.86 bits per heavy atom. The van der Waals surface area contributed by atoms with Gasteiger partial charge < -0.3 is 10.0 Å². The number of anilines is 1. The van der Waals surface area contributed by atoms with Gasteiger partial charge >= 0.3 is 0 Å². The zero-order chi connectivity index (χ0) is 15.4. The highest BCUT2D eigenvalue weighted by atomic mass is 16.3. The highest BCUT2D eigenvalue weighted by molar-refractivity contribution is 5.39. The molecular formula is C18H23N3O. The minimum absolute atomic E-state index is 0.353. The summed E-state index contributed by atoms with van der Waals surface area (Å²) in [7, 11) is 0. The minimum atomic E-state index is -0.353. The molecule has 1 aromatic carbocycles. The van der Waals surface area contributed by atoms with E-state index in [0.29, 0.717) is 13.1 Å². The number of rotatable bonds is 3. The number of aryl methyl sites for hydroxylation is 1. The number of hydrogen-bond donors (Lipinski definition) is 1. The summed E-state index contributed by atoms with van der Waals surface area (Å²) in [5.41, 5.74) is 2.30. The monoisotopic (exact) mass is 297 g/mol. The molecule has 1 aliphatic heterocycles. The normalized spacial score (nSPS) is 19.9. The Hall–Kier alpha value is -1.91. The van der Waals surface area contributed by atoms with Crippen LogP contribution in [-0.4, -0.2) is 47.3 Å². The summed E-state index contributed by atoms with van der Waals surface area (Å²) in [6.07, 6.45) is -0.353. The van der Waals surface area contributed by atoms with Crippen LogP contribution in [-0.2, 0) is 6.54 Å². The number of β-amino-alcohol motifs (C(OH)–C–C–N with tert-alkyl or cyclic N) is 1. The van der Waals surface area contributed by atoms with Crippen LogP contribution in [0.1, 0.15) is 11.3 Å². The Labute approximate surface area is 132 Å². The molecule has 4 nitrogen and oxygen atoms in total. The van der Waals surface area contributed by atoms with Gasteiger partial charge in [-0.2, -0.15) is 0 Å². The Kier molecular flexibility index (Phi) is 4.71. The van der Waals surface area contributed by atoms with Crippen molar-refractivity contribution in [3.63, 3.8) is 0 Å². The number of nitrogens with zero attached hydrogens (tertiary/aromatic N) is 3. The van der Waals surface area contributed by atoms with Crippen LogP contribution < -0.4 is 4.90 Å². The Morgan fingerprint density at radius 3 is 2.64 bits per heavy atom. The molecule has 1 N–H and O–H groups in total. The molecule has 0 saturated carbocycles. The van der Waals surface area contributed by atoms with Gasteiger partial charge in [0.05, 0.1) is 6.10 Å². The number of hydrogen-bond acceptors (Lipinski definition) is 4. The van der Waals surface area contributed by atoms with E-state index in [2.05, 4.69) is 39.0 Å². The second-order valence-corrected chi connectivity index (χ2v) is 5.96. The van der Waals surface area contributed by atoms with Crippen LogP contribution in [0.15, 0.2) is 48.5 Å². The maximum absolute atomic E-state index is 10.3. The predicted octanol–water partition coefficient (Wildman–Crippen LogP) is 2.07. The minimum Gasteiger partial charge on any atom is -0.390 e. The van der Waals surface area contributed by atoms with E-state index in [1.165, 1.54) is 5.56 Å². The van der Waals surface area contributed by atoms with E-state index in [4.69, 9.17) is 0 Å². The molecule has 0 aliphatic carbocycles. The van der Waals surface area contributed by atoms with Gasteiger partial charge in [-0.1, -0.05) is 36.4 Å². The molecule has 1 aliphatic rings. The molecule has 4 heteroatoms. The summed E-state index contributed by atoms with van der Waals surface area (Å²) in [5.74, 6) is 0.959. The molecule has 1 atom stereocenters. The number of aromatic nitrogens is 1. The highest BCUT2D eigenvalue weighted by Gasteiger charge is 2.22. The fourth-order valence-corrected chi connectivity index (χ4v) is 2.95. The molecule has 2 aromatic rings. The average Bonchev–Trinajstić information content (AvgIpc) is 2.70. The molecule has 1 aromatic heterocycles. The van der Waals surface area contributed by atoms with E-state index in [1.54, 1.807) is 0 Å². The van der Waals surface area contributed by atoms with Gasteiger partial charge in [-0.15, -0.1) is 0 Å². The lowest BCUT2D eigenvalue weighted by molar-refractivity contribution is 0.129. The lowest BCUT2D eigenvalue weighted by Crippen LogP contribution is -2.33. The molecular weight excluding hydrogens is 274 g/mol. The molecule has 22 heavy (non-hydrogen) atoms. The first-order valence-electron chi connectivity index (χ1n) is 7.83. The van der Waals surface area contributed by atoms with Gasteiger partial charge in [-0.3, -0.25) is 4.90 Å². The number of aliphatic hydroxyl groups is 1. The van der Waals surface area contributed by atoms with E-state index >= 15 is 0 Å². The fraction of sp³-hybridized carbons (Fsp3) is 0.389. The highest BCUT2D eigenvalue weighted by Crippen LogP contribution is 2.16. The Morgan fingerprint density at radius 1 is 1.05 bits per heavy atom. The maximum atomic E-state index is 10.3. The molecule has 0 radical (unpaired) electrons. The lowest BCUT2D eigenvalue weighted by atomic mass is 10.2. The van der Waals surface area contributed by atoms with E-state index in [9.17, 15) is 5.11 Å². The molecule has 0 bridgehead atoms. The van der Waals surface area contributed by atoms with Crippen molar-refractivity contribution >= 4 is 5.82 Å². The third-order valence-electron chi connectivity index (χ3n) is 4.03. The molecule has 1 unspecified atom stereocenters. The van der Waals surface area contributed by atoms with Crippen molar-refractivity contribution in [1.82, 2.24) is 9.88 Å². The van der Waals surface area contributed by atoms with Crippen molar-refractivity contribution in [3.8, 4) is 0 Å². The summed E-state index contributed by atoms with van der Waals surface area (Å²) in [5, 5.41) is 10.3. The van der Waals surface area contributed by atoms with Crippen molar-refractivity contribution in [1.29, 1.82) is 0 Å². The van der Waals surface area contributed by atoms with Crippen molar-refractivity contribution in [2.24, 2.45) is 0 Å². The molecule has 2 heterocycles. The molecule has 1 fully saturated rings. The van der Waals surface area contributed by atoms with Gasteiger partial charge in [-0.25, -0.2) is 4.98 Å². The molecule has 0 spiro atoms. The van der Waals surface area contributed by atoms with Gasteiger partial charge in [0.15, 0.2) is 0 Å². The summed E-state index contributed by atoms with van der Waals surface area (Å²) in [6, 6.07) is 16.5. The predicted molar refractivity (Wildman–Crippen MR) is 88.9 cm³/mol. The first-order valence-corrected chi connectivity index (χ1v) is 7.83. The van der Waals surface area contributed by atoms with E-state index in [0.717, 1.165) is 31.1 Å². The van der Waals surface area contributed by atoms with Crippen LogP contribution in [0.2, 0.25) is 0 Å². The zero-order valence-corrected chi connectivity index (χ0v) is 13.0. The Balaban J connectivity index is 1.67. The van der Waals surface area contributed by atoms with Crippen molar-refractivity contribution in [3.05, 3.63) is 59.8 Å². The topological polar surface area (TPSA) is 39.6 Å². The quantitative estimate of drug-likeness (QED) is 0.941. The number of aliphatic hydroxyl groups excluding tert-OH is 1. The summed E-state index contributed by atoms with van der Waals surface area (Å²) in [6.45, 7) is 6.05. The van der Waals surface area contributed by atoms with Crippen LogP contribution >= 0.6 is 0 Å². The Bertz CT molecular complexity index is 602. The first kappa shape index (κ1) is 15.0. The van der Waals surface area contributed by atoms with Gasteiger partial charge in [0.25, 0.3) is 0 Å². The van der Waals surface area contributed by atoms with Crippen LogP contribution in [0.3, 0.4) is 0 Å². The number of benzene rings is 1. The van der Waals surface area contributed by atoms with Crippen molar-refractivity contribution in [2.75, 3.05) is 31.1 Å². The zero-order valence-electron chi connectivity index (χ0n) is 13.0. The second-order valence-electron chi connectivity index (χ2n) is 5.96. The molecule has 1 saturated heterocycles. The van der Waals surface area contributed by atoms with Crippen LogP contribution in [0.5, 0.6) is 0 Å². The van der Waals surface area contributed by atoms with Gasteiger partial charge in [0.1, 0.15) is 5.82 Å². The SMILES string of the molecule is Cc1cccc(N2CCN(Cc3ccccc3)CC(O)C2)n1. The van der Waals surface area contributed by atoms with Gasteiger partial charge in [0, 0.05) is 38.4 Å². The molecule has 116 valence electrons. The molecule has 0 amide bonds. The van der Waals surface area contributed by atoms with Crippen molar-refractivity contribution in [2.45, 2.75) is 19.6 Å². The number of pyridine rings is 1. The van der Waals surface area contributed by atoms with E-state index in [-0.39, 0.29) is 6.10 Å². The second kappa shape index (κ2) is 6.90. The lowest BCUT2D eigenvalue weighted by Gasteiger charge is -2.23. The van der Waals surface area contributed by atoms with E-state index < -0.39 is 0 Å². The van der Waals surface area contributed by atoms with Gasteiger partial charge in [-0.05, 0) is 24.6 Å². The van der Waals surface area contributed by atoms with E-state index in [1.807, 2.05) is 31.2 Å². The van der Waals surface area contributed by atoms with Crippen molar-refractivity contribution < 1.29 is 5.11 Å².